The number of nitrogens with zero attached hydrogens (tertiary/aromatic N) is 4. The number of benzene rings is 2. The maximum Gasteiger partial charge on any atom is 0.282 e. The van der Waals surface area contributed by atoms with Gasteiger partial charge in [0.15, 0.2) is 18.1 Å². The number of hydrogen-bond donors (Lipinski definition) is 0. The first-order valence-electron chi connectivity index (χ1n) is 11.6. The summed E-state index contributed by atoms with van der Waals surface area (Å²) < 4.78 is 13.4. The number of methoxy groups -OCH3 is 1. The second-order valence-corrected chi connectivity index (χ2v) is 9.39. The molecule has 2 aromatic carbocycles. The smallest absolute Gasteiger partial charge is 0.282 e. The van der Waals surface area contributed by atoms with E-state index in [0.29, 0.717) is 34.6 Å². The Morgan fingerprint density at radius 2 is 2.09 bits per heavy atom. The molecule has 1 heterocycles. The Bertz CT molecular complexity index is 1370. The Kier molecular flexibility index (Phi) is 7.98. The molecule has 0 N–H and O–H groups in total. The molecule has 35 heavy (non-hydrogen) atoms. The van der Waals surface area contributed by atoms with Gasteiger partial charge in [-0.25, -0.2) is 4.98 Å². The standard InChI is InChI=1S/C27H27BrN4O3/c1-3-7-20-14-18(15-24(34-2)25(20)35-13-12-29)17-30-32-26(19-8-5-4-6-9-19)31-23-11-10-21(28)16-22(23)27(32)33/h3,10-11,14-17,19H,1,4-9,13H2,2H3. The zero-order valence-electron chi connectivity index (χ0n) is 19.7. The highest BCUT2D eigenvalue weighted by atomic mass is 79.9. The van der Waals surface area contributed by atoms with Crippen LogP contribution in [0.5, 0.6) is 11.5 Å². The molecule has 0 spiro atoms. The van der Waals surface area contributed by atoms with Gasteiger partial charge in [0.2, 0.25) is 0 Å². The normalized spacial score (nSPS) is 14.2. The number of aromatic nitrogens is 2. The number of rotatable bonds is 8. The van der Waals surface area contributed by atoms with E-state index < -0.39 is 0 Å². The third-order valence-corrected chi connectivity index (χ3v) is 6.64. The molecule has 180 valence electrons. The molecule has 0 saturated heterocycles. The van der Waals surface area contributed by atoms with E-state index in [2.05, 4.69) is 27.6 Å². The van der Waals surface area contributed by atoms with Crippen molar-refractivity contribution in [2.45, 2.75) is 44.4 Å². The monoisotopic (exact) mass is 534 g/mol. The second kappa shape index (κ2) is 11.3. The molecule has 1 aromatic heterocycles. The summed E-state index contributed by atoms with van der Waals surface area (Å²) in [6, 6.07) is 11.2. The highest BCUT2D eigenvalue weighted by Gasteiger charge is 2.22. The molecule has 0 aliphatic heterocycles. The molecule has 1 saturated carbocycles. The Morgan fingerprint density at radius 1 is 1.29 bits per heavy atom. The van der Waals surface area contributed by atoms with Crippen LogP contribution in [0.15, 0.2) is 57.4 Å². The van der Waals surface area contributed by atoms with Crippen molar-refractivity contribution < 1.29 is 9.47 Å². The second-order valence-electron chi connectivity index (χ2n) is 8.48. The van der Waals surface area contributed by atoms with Crippen LogP contribution in [0.3, 0.4) is 0 Å². The van der Waals surface area contributed by atoms with Crippen LogP contribution in [0.25, 0.3) is 10.9 Å². The fourth-order valence-corrected chi connectivity index (χ4v) is 4.87. The van der Waals surface area contributed by atoms with Crippen molar-refractivity contribution in [3.8, 4) is 17.6 Å². The number of nitriles is 1. The van der Waals surface area contributed by atoms with Gasteiger partial charge in [-0.2, -0.15) is 15.0 Å². The van der Waals surface area contributed by atoms with Gasteiger partial charge in [0.25, 0.3) is 5.56 Å². The average Bonchev–Trinajstić information content (AvgIpc) is 2.88. The lowest BCUT2D eigenvalue weighted by atomic mass is 9.88. The lowest BCUT2D eigenvalue weighted by molar-refractivity contribution is 0.327. The van der Waals surface area contributed by atoms with E-state index in [1.807, 2.05) is 24.3 Å². The number of hydrogen-bond acceptors (Lipinski definition) is 6. The third kappa shape index (κ3) is 5.46. The molecule has 3 aromatic rings. The number of fused-ring (bicyclic) bond motifs is 1. The van der Waals surface area contributed by atoms with E-state index >= 15 is 0 Å². The van der Waals surface area contributed by atoms with Crippen molar-refractivity contribution in [1.29, 1.82) is 5.26 Å². The first-order chi connectivity index (χ1) is 17.0. The van der Waals surface area contributed by atoms with E-state index in [-0.39, 0.29) is 18.1 Å². The fraction of sp³-hybridized carbons (Fsp3) is 0.333. The predicted molar refractivity (Wildman–Crippen MR) is 141 cm³/mol. The lowest BCUT2D eigenvalue weighted by Gasteiger charge is -2.22. The first kappa shape index (κ1) is 24.7. The third-order valence-electron chi connectivity index (χ3n) is 6.15. The molecule has 0 atom stereocenters. The highest BCUT2D eigenvalue weighted by molar-refractivity contribution is 9.10. The van der Waals surface area contributed by atoms with Gasteiger partial charge in [-0.05, 0) is 55.2 Å². The summed E-state index contributed by atoms with van der Waals surface area (Å²) in [7, 11) is 1.55. The highest BCUT2D eigenvalue weighted by Crippen LogP contribution is 2.34. The van der Waals surface area contributed by atoms with Gasteiger partial charge in [0.1, 0.15) is 11.9 Å². The molecular formula is C27H27BrN4O3. The van der Waals surface area contributed by atoms with Gasteiger partial charge in [0, 0.05) is 16.0 Å². The Balaban J connectivity index is 1.83. The van der Waals surface area contributed by atoms with Crippen molar-refractivity contribution >= 4 is 33.0 Å². The van der Waals surface area contributed by atoms with Crippen LogP contribution in [0.1, 0.15) is 55.0 Å². The van der Waals surface area contributed by atoms with Gasteiger partial charge in [0.05, 0.1) is 24.2 Å². The molecule has 7 nitrogen and oxygen atoms in total. The minimum Gasteiger partial charge on any atom is -0.493 e. The Hall–Kier alpha value is -3.44. The summed E-state index contributed by atoms with van der Waals surface area (Å²) >= 11 is 3.46. The summed E-state index contributed by atoms with van der Waals surface area (Å²) in [4.78, 5) is 18.4. The minimum atomic E-state index is -0.194. The topological polar surface area (TPSA) is 89.5 Å². The Morgan fingerprint density at radius 3 is 2.80 bits per heavy atom. The zero-order valence-corrected chi connectivity index (χ0v) is 21.3. The van der Waals surface area contributed by atoms with Gasteiger partial charge in [-0.3, -0.25) is 4.79 Å². The summed E-state index contributed by atoms with van der Waals surface area (Å²) in [5.41, 5.74) is 2.04. The van der Waals surface area contributed by atoms with Gasteiger partial charge >= 0.3 is 0 Å². The molecule has 1 fully saturated rings. The van der Waals surface area contributed by atoms with E-state index in [4.69, 9.17) is 19.7 Å². The van der Waals surface area contributed by atoms with Crippen molar-refractivity contribution in [2.75, 3.05) is 13.7 Å². The van der Waals surface area contributed by atoms with Crippen LogP contribution in [0, 0.1) is 11.3 Å². The van der Waals surface area contributed by atoms with Crippen LogP contribution in [-0.4, -0.2) is 29.6 Å². The fourth-order valence-electron chi connectivity index (χ4n) is 4.51. The van der Waals surface area contributed by atoms with Crippen LogP contribution < -0.4 is 15.0 Å². The van der Waals surface area contributed by atoms with Crippen molar-refractivity contribution in [3.63, 3.8) is 0 Å². The van der Waals surface area contributed by atoms with E-state index in [1.165, 1.54) is 11.1 Å². The molecule has 1 aliphatic carbocycles. The largest absolute Gasteiger partial charge is 0.493 e. The van der Waals surface area contributed by atoms with Crippen LogP contribution >= 0.6 is 15.9 Å². The van der Waals surface area contributed by atoms with Crippen LogP contribution in [0.2, 0.25) is 0 Å². The maximum absolute atomic E-state index is 13.5. The molecular weight excluding hydrogens is 508 g/mol. The zero-order chi connectivity index (χ0) is 24.8. The summed E-state index contributed by atoms with van der Waals surface area (Å²) in [6.07, 6.45) is 9.35. The molecule has 0 bridgehead atoms. The molecule has 8 heteroatoms. The molecule has 4 rings (SSSR count). The van der Waals surface area contributed by atoms with Gasteiger partial charge in [-0.1, -0.05) is 41.3 Å². The molecule has 0 radical (unpaired) electrons. The van der Waals surface area contributed by atoms with Gasteiger partial charge < -0.3 is 9.47 Å². The summed E-state index contributed by atoms with van der Waals surface area (Å²) in [5, 5.41) is 14.1. The quantitative estimate of drug-likeness (QED) is 0.272. The number of ether oxygens (including phenoxy) is 2. The average molecular weight is 535 g/mol. The summed E-state index contributed by atoms with van der Waals surface area (Å²) in [6.45, 7) is 3.72. The Labute approximate surface area is 212 Å². The van der Waals surface area contributed by atoms with Crippen LogP contribution in [-0.2, 0) is 6.42 Å². The van der Waals surface area contributed by atoms with Gasteiger partial charge in [-0.15, -0.1) is 6.58 Å². The molecule has 0 unspecified atom stereocenters. The van der Waals surface area contributed by atoms with E-state index in [1.54, 1.807) is 31.5 Å². The van der Waals surface area contributed by atoms with Crippen LogP contribution in [0.4, 0.5) is 0 Å². The lowest BCUT2D eigenvalue weighted by Crippen LogP contribution is -2.25. The predicted octanol–water partition coefficient (Wildman–Crippen LogP) is 5.73. The van der Waals surface area contributed by atoms with Crippen molar-refractivity contribution in [3.05, 3.63) is 74.8 Å². The summed E-state index contributed by atoms with van der Waals surface area (Å²) in [5.74, 6) is 1.88. The first-order valence-corrected chi connectivity index (χ1v) is 12.4. The van der Waals surface area contributed by atoms with Crippen molar-refractivity contribution in [1.82, 2.24) is 9.66 Å². The minimum absolute atomic E-state index is 0.0909. The maximum atomic E-state index is 13.5. The SMILES string of the molecule is C=CCc1cc(C=Nn2c(C3CCCCC3)nc3ccc(Br)cc3c2=O)cc(OC)c1OCC#N. The number of halogens is 1. The van der Waals surface area contributed by atoms with E-state index in [0.717, 1.165) is 41.3 Å². The van der Waals surface area contributed by atoms with E-state index in [9.17, 15) is 4.79 Å². The van der Waals surface area contributed by atoms with Crippen molar-refractivity contribution in [2.24, 2.45) is 5.10 Å². The number of allylic oxidation sites excluding steroid dienone is 1. The molecule has 1 aliphatic rings. The molecule has 0 amide bonds.